The molecule has 19 heavy (non-hydrogen) atoms. The smallest absolute Gasteiger partial charge is 0.248 e. The molecule has 2 fully saturated rings. The number of nitrogens with zero attached hydrogens (tertiary/aromatic N) is 1. The van der Waals surface area contributed by atoms with Crippen molar-refractivity contribution in [1.29, 1.82) is 0 Å². The zero-order chi connectivity index (χ0) is 13.6. The predicted octanol–water partition coefficient (Wildman–Crippen LogP) is 1.76. The highest BCUT2D eigenvalue weighted by atomic mass is 32.1. The maximum absolute atomic E-state index is 12.6. The van der Waals surface area contributed by atoms with Gasteiger partial charge in [0, 0.05) is 6.54 Å². The van der Waals surface area contributed by atoms with Crippen molar-refractivity contribution in [2.45, 2.75) is 44.8 Å². The van der Waals surface area contributed by atoms with Gasteiger partial charge in [0.25, 0.3) is 0 Å². The Kier molecular flexibility index (Phi) is 2.89. The third-order valence-corrected chi connectivity index (χ3v) is 4.57. The van der Waals surface area contributed by atoms with Crippen LogP contribution in [0, 0.1) is 5.92 Å². The molecule has 0 aromatic carbocycles. The number of carbonyl (C=O) groups excluding carboxylic acids is 2. The van der Waals surface area contributed by atoms with Gasteiger partial charge in [0.2, 0.25) is 11.8 Å². The molecule has 0 bridgehead atoms. The minimum Gasteiger partial charge on any atom is -0.340 e. The molecule has 1 aliphatic heterocycles. The molecule has 1 aromatic rings. The van der Waals surface area contributed by atoms with Gasteiger partial charge in [-0.3, -0.25) is 9.59 Å². The summed E-state index contributed by atoms with van der Waals surface area (Å²) in [6, 6.07) is 1.74. The largest absolute Gasteiger partial charge is 0.340 e. The molecule has 102 valence electrons. The van der Waals surface area contributed by atoms with Crippen LogP contribution in [0.2, 0.25) is 0 Å². The first-order chi connectivity index (χ1) is 8.99. The molecule has 1 unspecified atom stereocenters. The normalized spacial score (nSPS) is 26.4. The second-order valence-electron chi connectivity index (χ2n) is 5.96. The summed E-state index contributed by atoms with van der Waals surface area (Å²) in [6.07, 6.45) is 2.10. The molecule has 1 atom stereocenters. The van der Waals surface area contributed by atoms with Gasteiger partial charge >= 0.3 is 0 Å². The minimum absolute atomic E-state index is 0.00216. The van der Waals surface area contributed by atoms with Gasteiger partial charge in [0.15, 0.2) is 0 Å². The minimum atomic E-state index is -0.793. The van der Waals surface area contributed by atoms with Gasteiger partial charge in [0.1, 0.15) is 11.6 Å². The van der Waals surface area contributed by atoms with E-state index in [4.69, 9.17) is 0 Å². The second kappa shape index (κ2) is 4.34. The Morgan fingerprint density at radius 1 is 1.42 bits per heavy atom. The van der Waals surface area contributed by atoms with Crippen molar-refractivity contribution in [3.05, 3.63) is 22.4 Å². The van der Waals surface area contributed by atoms with Crippen LogP contribution in [0.4, 0.5) is 0 Å². The molecule has 1 aromatic heterocycles. The van der Waals surface area contributed by atoms with E-state index in [2.05, 4.69) is 5.32 Å². The van der Waals surface area contributed by atoms with E-state index >= 15 is 0 Å². The van der Waals surface area contributed by atoms with E-state index in [9.17, 15) is 9.59 Å². The Morgan fingerprint density at radius 2 is 2.16 bits per heavy atom. The van der Waals surface area contributed by atoms with Crippen LogP contribution in [-0.2, 0) is 16.1 Å². The Labute approximate surface area is 116 Å². The van der Waals surface area contributed by atoms with Crippen LogP contribution in [0.15, 0.2) is 16.8 Å². The quantitative estimate of drug-likeness (QED) is 0.916. The number of carbonyl (C=O) groups is 2. The lowest BCUT2D eigenvalue weighted by Gasteiger charge is -2.43. The van der Waals surface area contributed by atoms with E-state index in [0.717, 1.165) is 18.4 Å². The SMILES string of the molecule is CC1(C)NC(=O)C(C2CC2)N(Cc2ccsc2)C1=O. The fourth-order valence-corrected chi connectivity index (χ4v) is 3.35. The van der Waals surface area contributed by atoms with Crippen LogP contribution in [0.5, 0.6) is 0 Å². The van der Waals surface area contributed by atoms with E-state index in [0.29, 0.717) is 12.5 Å². The summed E-state index contributed by atoms with van der Waals surface area (Å²) in [6.45, 7) is 4.09. The summed E-state index contributed by atoms with van der Waals surface area (Å²) in [4.78, 5) is 26.6. The summed E-state index contributed by atoms with van der Waals surface area (Å²) in [5.74, 6) is 0.371. The molecule has 1 aliphatic carbocycles. The van der Waals surface area contributed by atoms with Gasteiger partial charge in [-0.15, -0.1) is 0 Å². The average molecular weight is 278 g/mol. The molecule has 5 heteroatoms. The van der Waals surface area contributed by atoms with Crippen LogP contribution in [0.3, 0.4) is 0 Å². The number of thiophene rings is 1. The van der Waals surface area contributed by atoms with Crippen molar-refractivity contribution in [1.82, 2.24) is 10.2 Å². The average Bonchev–Trinajstić information content (AvgIpc) is 3.02. The lowest BCUT2D eigenvalue weighted by Crippen LogP contribution is -2.68. The molecule has 1 N–H and O–H groups in total. The van der Waals surface area contributed by atoms with Crippen molar-refractivity contribution in [3.63, 3.8) is 0 Å². The summed E-state index contributed by atoms with van der Waals surface area (Å²) in [5.41, 5.74) is 0.313. The molecular formula is C14H18N2O2S. The van der Waals surface area contributed by atoms with Crippen molar-refractivity contribution < 1.29 is 9.59 Å². The fraction of sp³-hybridized carbons (Fsp3) is 0.571. The first-order valence-electron chi connectivity index (χ1n) is 6.63. The molecular weight excluding hydrogens is 260 g/mol. The van der Waals surface area contributed by atoms with Gasteiger partial charge in [-0.1, -0.05) is 0 Å². The van der Waals surface area contributed by atoms with E-state index in [1.165, 1.54) is 0 Å². The first-order valence-corrected chi connectivity index (χ1v) is 7.57. The van der Waals surface area contributed by atoms with E-state index in [1.54, 1.807) is 30.1 Å². The lowest BCUT2D eigenvalue weighted by molar-refractivity contribution is -0.155. The third kappa shape index (κ3) is 2.27. The number of hydrogen-bond donors (Lipinski definition) is 1. The molecule has 2 amide bonds. The topological polar surface area (TPSA) is 49.4 Å². The van der Waals surface area contributed by atoms with Crippen LogP contribution >= 0.6 is 11.3 Å². The highest BCUT2D eigenvalue weighted by molar-refractivity contribution is 7.07. The highest BCUT2D eigenvalue weighted by Crippen LogP contribution is 2.38. The highest BCUT2D eigenvalue weighted by Gasteiger charge is 2.50. The number of rotatable bonds is 3. The zero-order valence-corrected chi connectivity index (χ0v) is 12.0. The molecule has 0 spiro atoms. The molecule has 3 rings (SSSR count). The van der Waals surface area contributed by atoms with E-state index in [-0.39, 0.29) is 17.9 Å². The Hall–Kier alpha value is -1.36. The maximum atomic E-state index is 12.6. The van der Waals surface area contributed by atoms with Gasteiger partial charge < -0.3 is 10.2 Å². The maximum Gasteiger partial charge on any atom is 0.248 e. The number of hydrogen-bond acceptors (Lipinski definition) is 3. The molecule has 2 heterocycles. The number of piperazine rings is 1. The second-order valence-corrected chi connectivity index (χ2v) is 6.74. The number of amides is 2. The van der Waals surface area contributed by atoms with Crippen molar-refractivity contribution in [2.24, 2.45) is 5.92 Å². The van der Waals surface area contributed by atoms with Crippen LogP contribution in [0.25, 0.3) is 0 Å². The monoisotopic (exact) mass is 278 g/mol. The van der Waals surface area contributed by atoms with Crippen LogP contribution in [-0.4, -0.2) is 28.3 Å². The zero-order valence-electron chi connectivity index (χ0n) is 11.2. The Balaban J connectivity index is 1.89. The van der Waals surface area contributed by atoms with E-state index in [1.807, 2.05) is 16.8 Å². The molecule has 1 saturated carbocycles. The number of nitrogens with one attached hydrogen (secondary N) is 1. The standard InChI is InChI=1S/C14H18N2O2S/c1-14(2)13(18)16(7-9-5-6-19-8-9)11(10-3-4-10)12(17)15-14/h5-6,8,10-11H,3-4,7H2,1-2H3,(H,15,17). The van der Waals surface area contributed by atoms with Crippen LogP contribution in [0.1, 0.15) is 32.3 Å². The predicted molar refractivity (Wildman–Crippen MR) is 73.6 cm³/mol. The Bertz CT molecular complexity index is 506. The first kappa shape index (κ1) is 12.7. The van der Waals surface area contributed by atoms with Crippen LogP contribution < -0.4 is 5.32 Å². The molecule has 0 radical (unpaired) electrons. The third-order valence-electron chi connectivity index (χ3n) is 3.84. The van der Waals surface area contributed by atoms with Gasteiger partial charge in [-0.2, -0.15) is 11.3 Å². The molecule has 2 aliphatic rings. The lowest BCUT2D eigenvalue weighted by atomic mass is 9.94. The van der Waals surface area contributed by atoms with Gasteiger partial charge in [0.05, 0.1) is 0 Å². The summed E-state index contributed by atoms with van der Waals surface area (Å²) in [5, 5.41) is 6.90. The molecule has 4 nitrogen and oxygen atoms in total. The summed E-state index contributed by atoms with van der Waals surface area (Å²) >= 11 is 1.62. The summed E-state index contributed by atoms with van der Waals surface area (Å²) < 4.78 is 0. The van der Waals surface area contributed by atoms with Crippen molar-refractivity contribution in [2.75, 3.05) is 0 Å². The van der Waals surface area contributed by atoms with Crippen molar-refractivity contribution >= 4 is 23.2 Å². The van der Waals surface area contributed by atoms with Gasteiger partial charge in [-0.05, 0) is 55.0 Å². The van der Waals surface area contributed by atoms with E-state index < -0.39 is 5.54 Å². The van der Waals surface area contributed by atoms with Gasteiger partial charge in [-0.25, -0.2) is 0 Å². The van der Waals surface area contributed by atoms with Crippen molar-refractivity contribution in [3.8, 4) is 0 Å². The fourth-order valence-electron chi connectivity index (χ4n) is 2.69. The summed E-state index contributed by atoms with van der Waals surface area (Å²) in [7, 11) is 0. The Morgan fingerprint density at radius 3 is 2.74 bits per heavy atom. The molecule has 1 saturated heterocycles.